The zero-order valence-electron chi connectivity index (χ0n) is 14.6. The highest BCUT2D eigenvalue weighted by Crippen LogP contribution is 2.38. The fourth-order valence-corrected chi connectivity index (χ4v) is 3.68. The molecule has 0 radical (unpaired) electrons. The van der Waals surface area contributed by atoms with Crippen molar-refractivity contribution < 1.29 is 14.2 Å². The topological polar surface area (TPSA) is 47.8 Å². The van der Waals surface area contributed by atoms with Gasteiger partial charge in [0, 0.05) is 16.8 Å². The predicted octanol–water partition coefficient (Wildman–Crippen LogP) is 3.93. The molecule has 0 bridgehead atoms. The van der Waals surface area contributed by atoms with Crippen molar-refractivity contribution in [2.24, 2.45) is 0 Å². The van der Waals surface area contributed by atoms with Crippen molar-refractivity contribution in [1.29, 1.82) is 0 Å². The number of fused-ring (bicyclic) bond motifs is 1. The molecule has 134 valence electrons. The number of hydrogen-bond acceptors (Lipinski definition) is 4. The van der Waals surface area contributed by atoms with Gasteiger partial charge in [-0.1, -0.05) is 36.4 Å². The van der Waals surface area contributed by atoms with Gasteiger partial charge >= 0.3 is 0 Å². The van der Waals surface area contributed by atoms with Gasteiger partial charge in [-0.05, 0) is 42.5 Å². The van der Waals surface area contributed by atoms with Crippen LogP contribution in [0.2, 0.25) is 0 Å². The number of hydroxylamine groups is 1. The Morgan fingerprint density at radius 3 is 2.33 bits per heavy atom. The van der Waals surface area contributed by atoms with Gasteiger partial charge in [-0.2, -0.15) is 4.74 Å². The minimum atomic E-state index is -0.461. The maximum atomic E-state index is 13.4. The highest BCUT2D eigenvalue weighted by atomic mass is 16.7. The molecule has 1 unspecified atom stereocenters. The summed E-state index contributed by atoms with van der Waals surface area (Å²) in [6.07, 6.45) is -0.461. The lowest BCUT2D eigenvalue weighted by Gasteiger charge is -2.24. The molecule has 5 heteroatoms. The molecule has 2 aliphatic heterocycles. The average Bonchev–Trinajstić information content (AvgIpc) is 3.33. The predicted molar refractivity (Wildman–Crippen MR) is 103 cm³/mol. The molecule has 0 spiro atoms. The van der Waals surface area contributed by atoms with Gasteiger partial charge in [-0.15, -0.1) is 0 Å². The molecule has 2 heterocycles. The van der Waals surface area contributed by atoms with Gasteiger partial charge in [0.25, 0.3) is 6.17 Å². The molecule has 0 aliphatic carbocycles. The van der Waals surface area contributed by atoms with Crippen molar-refractivity contribution in [3.8, 4) is 11.5 Å². The summed E-state index contributed by atoms with van der Waals surface area (Å²) < 4.78 is 12.0. The van der Waals surface area contributed by atoms with Crippen LogP contribution in [0.1, 0.15) is 17.3 Å². The maximum absolute atomic E-state index is 13.4. The fourth-order valence-electron chi connectivity index (χ4n) is 3.68. The molecule has 0 aromatic heterocycles. The molecule has 1 atom stereocenters. The lowest BCUT2D eigenvalue weighted by atomic mass is 10.1. The molecule has 0 N–H and O–H groups in total. The van der Waals surface area contributed by atoms with Gasteiger partial charge in [-0.25, -0.2) is 0 Å². The van der Waals surface area contributed by atoms with E-state index in [4.69, 9.17) is 9.47 Å². The van der Waals surface area contributed by atoms with Crippen LogP contribution in [-0.2, 0) is 0 Å². The van der Waals surface area contributed by atoms with Crippen LogP contribution in [-0.4, -0.2) is 23.8 Å². The second kappa shape index (κ2) is 6.36. The Balaban J connectivity index is 1.62. The fraction of sp³-hybridized carbons (Fsp3) is 0.136. The van der Waals surface area contributed by atoms with Crippen LogP contribution in [0.25, 0.3) is 0 Å². The van der Waals surface area contributed by atoms with Crippen molar-refractivity contribution in [2.45, 2.75) is 6.17 Å². The molecule has 5 nitrogen and oxygen atoms in total. The van der Waals surface area contributed by atoms with Crippen LogP contribution in [0, 0.1) is 5.21 Å². The third-order valence-electron chi connectivity index (χ3n) is 4.99. The standard InChI is InChI=1S/C22H18N2O3/c25-24-19(16-7-3-1-4-8-16)14-23(18-9-5-2-6-10-18)22(24)17-11-12-20-21(13-17)27-15-26-20/h1-13,22H,14-15H2. The van der Waals surface area contributed by atoms with Crippen LogP contribution in [0.4, 0.5) is 5.69 Å². The van der Waals surface area contributed by atoms with E-state index in [0.717, 1.165) is 27.3 Å². The molecule has 5 rings (SSSR count). The summed E-state index contributed by atoms with van der Waals surface area (Å²) in [6.45, 7) is 0.755. The Hall–Kier alpha value is -3.47. The van der Waals surface area contributed by atoms with Gasteiger partial charge < -0.3 is 14.7 Å². The Morgan fingerprint density at radius 1 is 0.852 bits per heavy atom. The quantitative estimate of drug-likeness (QED) is 0.526. The summed E-state index contributed by atoms with van der Waals surface area (Å²) in [5.41, 5.74) is 3.58. The summed E-state index contributed by atoms with van der Waals surface area (Å²) in [6, 6.07) is 25.5. The van der Waals surface area contributed by atoms with Gasteiger partial charge in [0.1, 0.15) is 6.54 Å². The molecule has 3 aromatic carbocycles. The van der Waals surface area contributed by atoms with E-state index in [0.29, 0.717) is 18.0 Å². The molecule has 0 amide bonds. The minimum absolute atomic E-state index is 0.217. The molecular weight excluding hydrogens is 340 g/mol. The van der Waals surface area contributed by atoms with Crippen molar-refractivity contribution in [2.75, 3.05) is 18.2 Å². The van der Waals surface area contributed by atoms with Gasteiger partial charge in [-0.3, -0.25) is 4.90 Å². The van der Waals surface area contributed by atoms with Crippen molar-refractivity contribution >= 4 is 11.4 Å². The van der Waals surface area contributed by atoms with E-state index in [9.17, 15) is 5.21 Å². The van der Waals surface area contributed by atoms with Crippen LogP contribution >= 0.6 is 0 Å². The van der Waals surface area contributed by atoms with Crippen molar-refractivity contribution in [3.63, 3.8) is 0 Å². The minimum Gasteiger partial charge on any atom is -0.622 e. The summed E-state index contributed by atoms with van der Waals surface area (Å²) in [4.78, 5) is 2.12. The van der Waals surface area contributed by atoms with Crippen molar-refractivity contribution in [1.82, 2.24) is 0 Å². The van der Waals surface area contributed by atoms with E-state index in [1.807, 2.05) is 78.9 Å². The summed E-state index contributed by atoms with van der Waals surface area (Å²) in [7, 11) is 0. The Morgan fingerprint density at radius 2 is 1.56 bits per heavy atom. The third-order valence-corrected chi connectivity index (χ3v) is 4.99. The third kappa shape index (κ3) is 2.68. The first-order valence-electron chi connectivity index (χ1n) is 8.90. The zero-order chi connectivity index (χ0) is 18.2. The molecule has 0 saturated carbocycles. The number of para-hydroxylation sites is 1. The zero-order valence-corrected chi connectivity index (χ0v) is 14.6. The van der Waals surface area contributed by atoms with Crippen molar-refractivity contribution in [3.05, 3.63) is 95.2 Å². The van der Waals surface area contributed by atoms with Crippen LogP contribution in [0.3, 0.4) is 0 Å². The SMILES string of the molecule is [O-][N+]1=C(c2ccccc2)CN(c2ccccc2)C1c1ccc2c(c1)OCO2. The summed E-state index contributed by atoms with van der Waals surface area (Å²) in [5.74, 6) is 1.40. The number of ether oxygens (including phenoxy) is 2. The summed E-state index contributed by atoms with van der Waals surface area (Å²) >= 11 is 0. The van der Waals surface area contributed by atoms with E-state index in [1.165, 1.54) is 0 Å². The Labute approximate surface area is 157 Å². The number of hydrogen-bond donors (Lipinski definition) is 0. The maximum Gasteiger partial charge on any atom is 0.266 e. The number of benzene rings is 3. The van der Waals surface area contributed by atoms with E-state index < -0.39 is 6.17 Å². The second-order valence-corrected chi connectivity index (χ2v) is 6.59. The lowest BCUT2D eigenvalue weighted by molar-refractivity contribution is -0.497. The normalized spacial score (nSPS) is 18.2. The number of anilines is 1. The van der Waals surface area contributed by atoms with E-state index in [1.54, 1.807) is 0 Å². The molecule has 0 fully saturated rings. The summed E-state index contributed by atoms with van der Waals surface area (Å²) in [5, 5.41) is 13.4. The Bertz CT molecular complexity index is 1000. The van der Waals surface area contributed by atoms with E-state index in [2.05, 4.69) is 4.90 Å². The molecular formula is C22H18N2O3. The molecule has 27 heavy (non-hydrogen) atoms. The Kier molecular flexibility index (Phi) is 3.71. The lowest BCUT2D eigenvalue weighted by Crippen LogP contribution is -2.28. The van der Waals surface area contributed by atoms with E-state index in [-0.39, 0.29) is 6.79 Å². The number of rotatable bonds is 3. The monoisotopic (exact) mass is 358 g/mol. The molecule has 0 saturated heterocycles. The first-order chi connectivity index (χ1) is 13.3. The first kappa shape index (κ1) is 15.8. The van der Waals surface area contributed by atoms with E-state index >= 15 is 0 Å². The largest absolute Gasteiger partial charge is 0.622 e. The van der Waals surface area contributed by atoms with Crippen LogP contribution in [0.5, 0.6) is 11.5 Å². The highest BCUT2D eigenvalue weighted by molar-refractivity contribution is 6.01. The molecule has 2 aliphatic rings. The highest BCUT2D eigenvalue weighted by Gasteiger charge is 2.39. The van der Waals surface area contributed by atoms with Crippen LogP contribution in [0.15, 0.2) is 78.9 Å². The van der Waals surface area contributed by atoms with Gasteiger partial charge in [0.15, 0.2) is 11.5 Å². The number of nitrogens with zero attached hydrogens (tertiary/aromatic N) is 2. The van der Waals surface area contributed by atoms with Gasteiger partial charge in [0.05, 0.1) is 0 Å². The van der Waals surface area contributed by atoms with Gasteiger partial charge in [0.2, 0.25) is 12.5 Å². The second-order valence-electron chi connectivity index (χ2n) is 6.59. The molecule has 3 aromatic rings. The van der Waals surface area contributed by atoms with Crippen LogP contribution < -0.4 is 14.4 Å². The smallest absolute Gasteiger partial charge is 0.266 e. The first-order valence-corrected chi connectivity index (χ1v) is 8.90. The average molecular weight is 358 g/mol.